The van der Waals surface area contributed by atoms with Crippen molar-refractivity contribution in [3.63, 3.8) is 0 Å². The van der Waals surface area contributed by atoms with Crippen LogP contribution in [-0.2, 0) is 25.6 Å². The number of fused-ring (bicyclic) bond motifs is 2. The largest absolute Gasteiger partial charge is 0.370 e. The molecule has 6 atom stereocenters. The smallest absolute Gasteiger partial charge is 0.184 e. The van der Waals surface area contributed by atoms with Crippen LogP contribution < -0.4 is 0 Å². The monoisotopic (exact) mass is 525 g/mol. The Labute approximate surface area is 225 Å². The van der Waals surface area contributed by atoms with Crippen molar-refractivity contribution in [1.82, 2.24) is 0 Å². The molecule has 0 aliphatic carbocycles. The van der Waals surface area contributed by atoms with E-state index < -0.39 is 30.0 Å². The maximum absolute atomic E-state index is 9.50. The normalized spacial score (nSPS) is 26.8. The van der Waals surface area contributed by atoms with Gasteiger partial charge in [-0.15, -0.1) is 0 Å². The van der Waals surface area contributed by atoms with Gasteiger partial charge in [-0.2, -0.15) is 0 Å². The summed E-state index contributed by atoms with van der Waals surface area (Å²) in [5.74, 6) is 0. The van der Waals surface area contributed by atoms with Crippen LogP contribution in [0.15, 0.2) is 113 Å². The van der Waals surface area contributed by atoms with Crippen LogP contribution in [0.2, 0.25) is 0 Å². The Morgan fingerprint density at radius 1 is 0.868 bits per heavy atom. The van der Waals surface area contributed by atoms with Gasteiger partial charge < -0.3 is 18.9 Å². The van der Waals surface area contributed by atoms with Gasteiger partial charge in [0, 0.05) is 15.4 Å². The van der Waals surface area contributed by atoms with E-state index in [2.05, 4.69) is 34.3 Å². The number of hydrogen-bond donors (Lipinski definition) is 0. The first kappa shape index (κ1) is 24.9. The molecular formula is C30H27N3O4S. The maximum atomic E-state index is 9.50. The standard InChI is InChI=1S/C30H27N3O4S/c31-33-32-26-28(34-18-20-9-3-1-4-10-20)27-25(36-30(26)38-24-13-5-2-6-14-24)19-35-29(37-27)23-16-15-21-11-7-8-12-22(21)17-23/h1-17,25-30H,18-19H2/t25-,26-,27-,28-,29-,30-/m1/s1. The number of azide groups is 1. The molecule has 0 spiro atoms. The fourth-order valence-electron chi connectivity index (χ4n) is 4.95. The van der Waals surface area contributed by atoms with Crippen LogP contribution >= 0.6 is 11.8 Å². The molecule has 0 aromatic heterocycles. The van der Waals surface area contributed by atoms with Crippen LogP contribution in [0.4, 0.5) is 0 Å². The predicted molar refractivity (Wildman–Crippen MR) is 146 cm³/mol. The molecular weight excluding hydrogens is 498 g/mol. The Hall–Kier alpha value is -3.36. The van der Waals surface area contributed by atoms with E-state index in [0.717, 1.165) is 26.8 Å². The summed E-state index contributed by atoms with van der Waals surface area (Å²) in [5.41, 5.74) is 11.0. The van der Waals surface area contributed by atoms with Gasteiger partial charge in [-0.3, -0.25) is 0 Å². The first-order valence-corrected chi connectivity index (χ1v) is 13.5. The van der Waals surface area contributed by atoms with E-state index in [-0.39, 0.29) is 6.10 Å². The zero-order chi connectivity index (χ0) is 25.7. The van der Waals surface area contributed by atoms with E-state index in [1.165, 1.54) is 11.8 Å². The van der Waals surface area contributed by atoms with Gasteiger partial charge in [-0.05, 0) is 40.1 Å². The van der Waals surface area contributed by atoms with Gasteiger partial charge in [0.1, 0.15) is 23.7 Å². The summed E-state index contributed by atoms with van der Waals surface area (Å²) >= 11 is 1.51. The highest BCUT2D eigenvalue weighted by Crippen LogP contribution is 2.41. The van der Waals surface area contributed by atoms with Crippen molar-refractivity contribution < 1.29 is 18.9 Å². The van der Waals surface area contributed by atoms with Gasteiger partial charge in [0.2, 0.25) is 0 Å². The zero-order valence-corrected chi connectivity index (χ0v) is 21.4. The molecule has 4 aromatic carbocycles. The lowest BCUT2D eigenvalue weighted by Gasteiger charge is -2.48. The predicted octanol–water partition coefficient (Wildman–Crippen LogP) is 7.04. The minimum atomic E-state index is -0.606. The van der Waals surface area contributed by atoms with E-state index in [1.54, 1.807) is 0 Å². The highest BCUT2D eigenvalue weighted by atomic mass is 32.2. The summed E-state index contributed by atoms with van der Waals surface area (Å²) in [4.78, 5) is 4.19. The quantitative estimate of drug-likeness (QED) is 0.147. The number of rotatable bonds is 7. The molecule has 4 aromatic rings. The van der Waals surface area contributed by atoms with Crippen LogP contribution in [0.25, 0.3) is 21.2 Å². The van der Waals surface area contributed by atoms with Gasteiger partial charge in [0.25, 0.3) is 0 Å². The van der Waals surface area contributed by atoms with Crippen molar-refractivity contribution >= 4 is 22.5 Å². The molecule has 2 aliphatic rings. The van der Waals surface area contributed by atoms with Gasteiger partial charge in [0.05, 0.1) is 19.3 Å². The third-order valence-corrected chi connectivity index (χ3v) is 7.99. The lowest BCUT2D eigenvalue weighted by molar-refractivity contribution is -0.311. The van der Waals surface area contributed by atoms with Crippen LogP contribution in [0.1, 0.15) is 17.4 Å². The fourth-order valence-corrected chi connectivity index (χ4v) is 6.08. The minimum absolute atomic E-state index is 0.336. The highest BCUT2D eigenvalue weighted by molar-refractivity contribution is 7.99. The topological polar surface area (TPSA) is 85.7 Å². The number of thioether (sulfide) groups is 1. The van der Waals surface area contributed by atoms with E-state index >= 15 is 0 Å². The molecule has 0 N–H and O–H groups in total. The molecule has 7 nitrogen and oxygen atoms in total. The van der Waals surface area contributed by atoms with Crippen molar-refractivity contribution in [1.29, 1.82) is 0 Å². The molecule has 0 saturated carbocycles. The average molecular weight is 526 g/mol. The van der Waals surface area contributed by atoms with Crippen molar-refractivity contribution in [2.75, 3.05) is 6.61 Å². The molecule has 0 amide bonds. The average Bonchev–Trinajstić information content (AvgIpc) is 2.97. The number of benzene rings is 4. The molecule has 2 aliphatic heterocycles. The Balaban J connectivity index is 1.29. The minimum Gasteiger partial charge on any atom is -0.370 e. The van der Waals surface area contributed by atoms with Gasteiger partial charge in [-0.25, -0.2) is 0 Å². The molecule has 2 fully saturated rings. The lowest BCUT2D eigenvalue weighted by Crippen LogP contribution is -2.61. The zero-order valence-electron chi connectivity index (χ0n) is 20.6. The molecule has 8 heteroatoms. The molecule has 6 rings (SSSR count). The van der Waals surface area contributed by atoms with E-state index in [9.17, 15) is 5.53 Å². The summed E-state index contributed by atoms with van der Waals surface area (Å²) < 4.78 is 25.7. The Morgan fingerprint density at radius 3 is 2.39 bits per heavy atom. The van der Waals surface area contributed by atoms with Crippen molar-refractivity contribution in [3.05, 3.63) is 125 Å². The second-order valence-electron chi connectivity index (χ2n) is 9.30. The second kappa shape index (κ2) is 11.6. The number of nitrogens with zero attached hydrogens (tertiary/aromatic N) is 3. The van der Waals surface area contributed by atoms with Gasteiger partial charge in [0.15, 0.2) is 6.29 Å². The molecule has 38 heavy (non-hydrogen) atoms. The Kier molecular flexibility index (Phi) is 7.60. The molecule has 2 heterocycles. The molecule has 0 radical (unpaired) electrons. The SMILES string of the molecule is [N-]=[N+]=N[C@@H]1[C@@H](OCc2ccccc2)[C@@H]2O[C@H](c3ccc4ccccc4c3)OC[C@H]2O[C@@H]1Sc1ccccc1. The van der Waals surface area contributed by atoms with Gasteiger partial charge in [-0.1, -0.05) is 102 Å². The van der Waals surface area contributed by atoms with Crippen molar-refractivity contribution in [2.24, 2.45) is 5.11 Å². The fraction of sp³-hybridized carbons (Fsp3) is 0.267. The van der Waals surface area contributed by atoms with Crippen LogP contribution in [0.5, 0.6) is 0 Å². The van der Waals surface area contributed by atoms with Crippen LogP contribution in [0.3, 0.4) is 0 Å². The van der Waals surface area contributed by atoms with E-state index in [1.807, 2.05) is 78.9 Å². The van der Waals surface area contributed by atoms with Crippen LogP contribution in [0, 0.1) is 0 Å². The second-order valence-corrected chi connectivity index (χ2v) is 10.5. The summed E-state index contributed by atoms with van der Waals surface area (Å²) in [7, 11) is 0. The van der Waals surface area contributed by atoms with E-state index in [0.29, 0.717) is 13.2 Å². The van der Waals surface area contributed by atoms with E-state index in [4.69, 9.17) is 18.9 Å². The first-order valence-electron chi connectivity index (χ1n) is 12.6. The summed E-state index contributed by atoms with van der Waals surface area (Å²) in [5, 5.41) is 6.44. The number of ether oxygens (including phenoxy) is 4. The Bertz CT molecular complexity index is 1420. The Morgan fingerprint density at radius 2 is 1.61 bits per heavy atom. The first-order chi connectivity index (χ1) is 18.8. The molecule has 0 bridgehead atoms. The summed E-state index contributed by atoms with van der Waals surface area (Å²) in [6.07, 6.45) is -1.97. The van der Waals surface area contributed by atoms with Crippen molar-refractivity contribution in [2.45, 2.75) is 47.6 Å². The maximum Gasteiger partial charge on any atom is 0.184 e. The number of hydrogen-bond acceptors (Lipinski definition) is 6. The molecule has 192 valence electrons. The summed E-state index contributed by atoms with van der Waals surface area (Å²) in [6.45, 7) is 0.696. The lowest BCUT2D eigenvalue weighted by atomic mass is 9.96. The molecule has 0 unspecified atom stereocenters. The molecule has 2 saturated heterocycles. The highest BCUT2D eigenvalue weighted by Gasteiger charge is 2.50. The van der Waals surface area contributed by atoms with Gasteiger partial charge >= 0.3 is 0 Å². The third-order valence-electron chi connectivity index (χ3n) is 6.82. The third kappa shape index (κ3) is 5.42. The summed E-state index contributed by atoms with van der Waals surface area (Å²) in [6, 6.07) is 33.6. The van der Waals surface area contributed by atoms with Crippen LogP contribution in [-0.4, -0.2) is 36.4 Å². The van der Waals surface area contributed by atoms with Crippen molar-refractivity contribution in [3.8, 4) is 0 Å².